The van der Waals surface area contributed by atoms with Gasteiger partial charge in [0, 0.05) is 22.8 Å². The monoisotopic (exact) mass is 511 g/mol. The molecule has 0 saturated heterocycles. The molecule has 2 amide bonds. The number of hydrogen-bond donors (Lipinski definition) is 2. The zero-order chi connectivity index (χ0) is 25.4. The van der Waals surface area contributed by atoms with Gasteiger partial charge in [0.2, 0.25) is 5.91 Å². The molecule has 2 N–H and O–H groups in total. The highest BCUT2D eigenvalue weighted by atomic mass is 35.5. The number of nitrogens with zero attached hydrogens (tertiary/aromatic N) is 3. The Kier molecular flexibility index (Phi) is 9.51. The minimum atomic E-state index is -0.338. The fourth-order valence-electron chi connectivity index (χ4n) is 3.58. The van der Waals surface area contributed by atoms with E-state index in [-0.39, 0.29) is 23.6 Å². The summed E-state index contributed by atoms with van der Waals surface area (Å²) in [7, 11) is 0. The summed E-state index contributed by atoms with van der Waals surface area (Å²) in [5.41, 5.74) is 2.19. The number of allylic oxidation sites excluding steroid dienone is 1. The topological polar surface area (TPSA) is 88.9 Å². The molecule has 3 rings (SSSR count). The minimum absolute atomic E-state index is 0.155. The molecular weight excluding hydrogens is 482 g/mol. The highest BCUT2D eigenvalue weighted by Crippen LogP contribution is 2.26. The predicted molar refractivity (Wildman–Crippen MR) is 142 cm³/mol. The van der Waals surface area contributed by atoms with Crippen LogP contribution < -0.4 is 10.6 Å². The van der Waals surface area contributed by atoms with E-state index in [4.69, 9.17) is 11.6 Å². The van der Waals surface area contributed by atoms with Crippen molar-refractivity contribution in [2.75, 3.05) is 11.1 Å². The average Bonchev–Trinajstić information content (AvgIpc) is 3.22. The van der Waals surface area contributed by atoms with Gasteiger partial charge in [-0.25, -0.2) is 0 Å². The second-order valence-electron chi connectivity index (χ2n) is 8.56. The SMILES string of the molecule is C=CCn1c(SCC(=O)Nc2ccc(Cl)cc2C)nnc1C(CC(C)C)NC(=O)c1ccccc1. The molecule has 184 valence electrons. The fraction of sp³-hybridized carbons (Fsp3) is 0.308. The number of nitrogens with one attached hydrogen (secondary N) is 2. The molecule has 1 atom stereocenters. The Hall–Kier alpha value is -3.10. The standard InChI is InChI=1S/C26H30ClN5O2S/c1-5-13-32-24(22(14-17(2)3)29-25(34)19-9-7-6-8-10-19)30-31-26(32)35-16-23(33)28-21-12-11-20(27)15-18(21)4/h5-12,15,17,22H,1,13-14,16H2,2-4H3,(H,28,33)(H,29,34). The van der Waals surface area contributed by atoms with Gasteiger partial charge in [0.1, 0.15) is 0 Å². The average molecular weight is 512 g/mol. The van der Waals surface area contributed by atoms with Crippen molar-refractivity contribution < 1.29 is 9.59 Å². The number of anilines is 1. The first-order valence-electron chi connectivity index (χ1n) is 11.4. The number of carbonyl (C=O) groups is 2. The molecule has 0 spiro atoms. The molecule has 0 radical (unpaired) electrons. The molecule has 7 nitrogen and oxygen atoms in total. The Balaban J connectivity index is 1.76. The number of carbonyl (C=O) groups excluding carboxylic acids is 2. The van der Waals surface area contributed by atoms with Crippen molar-refractivity contribution in [1.29, 1.82) is 0 Å². The largest absolute Gasteiger partial charge is 0.342 e. The molecule has 0 aliphatic heterocycles. The van der Waals surface area contributed by atoms with Crippen LogP contribution in [-0.4, -0.2) is 32.3 Å². The first kappa shape index (κ1) is 26.5. The Labute approximate surface area is 215 Å². The second kappa shape index (κ2) is 12.6. The molecule has 35 heavy (non-hydrogen) atoms. The quantitative estimate of drug-likeness (QED) is 0.255. The van der Waals surface area contributed by atoms with Crippen LogP contribution in [0.5, 0.6) is 0 Å². The summed E-state index contributed by atoms with van der Waals surface area (Å²) in [4.78, 5) is 25.4. The van der Waals surface area contributed by atoms with Crippen LogP contribution in [0.15, 0.2) is 66.3 Å². The van der Waals surface area contributed by atoms with Crippen LogP contribution in [-0.2, 0) is 11.3 Å². The first-order valence-corrected chi connectivity index (χ1v) is 12.7. The van der Waals surface area contributed by atoms with E-state index in [0.29, 0.717) is 46.1 Å². The van der Waals surface area contributed by atoms with Gasteiger partial charge in [-0.05, 0) is 55.2 Å². The van der Waals surface area contributed by atoms with E-state index >= 15 is 0 Å². The Bertz CT molecular complexity index is 1180. The zero-order valence-corrected chi connectivity index (χ0v) is 21.7. The van der Waals surface area contributed by atoms with Gasteiger partial charge in [0.15, 0.2) is 11.0 Å². The van der Waals surface area contributed by atoms with E-state index in [0.717, 1.165) is 5.56 Å². The van der Waals surface area contributed by atoms with E-state index in [1.807, 2.05) is 29.7 Å². The summed E-state index contributed by atoms with van der Waals surface area (Å²) in [6.45, 7) is 10.4. The lowest BCUT2D eigenvalue weighted by Crippen LogP contribution is -2.31. The van der Waals surface area contributed by atoms with Gasteiger partial charge in [-0.3, -0.25) is 9.59 Å². The molecule has 1 heterocycles. The summed E-state index contributed by atoms with van der Waals surface area (Å²) >= 11 is 7.28. The van der Waals surface area contributed by atoms with Crippen molar-refractivity contribution >= 4 is 40.9 Å². The lowest BCUT2D eigenvalue weighted by Gasteiger charge is -2.21. The lowest BCUT2D eigenvalue weighted by atomic mass is 10.0. The van der Waals surface area contributed by atoms with Gasteiger partial charge in [-0.1, -0.05) is 61.5 Å². The van der Waals surface area contributed by atoms with Crippen molar-refractivity contribution in [2.24, 2.45) is 5.92 Å². The maximum Gasteiger partial charge on any atom is 0.251 e. The normalized spacial score (nSPS) is 11.8. The summed E-state index contributed by atoms with van der Waals surface area (Å²) in [5, 5.41) is 16.0. The van der Waals surface area contributed by atoms with Crippen LogP contribution in [0.3, 0.4) is 0 Å². The van der Waals surface area contributed by atoms with E-state index in [1.54, 1.807) is 36.4 Å². The van der Waals surface area contributed by atoms with Crippen molar-refractivity contribution in [1.82, 2.24) is 20.1 Å². The van der Waals surface area contributed by atoms with Gasteiger partial charge in [-0.15, -0.1) is 16.8 Å². The van der Waals surface area contributed by atoms with Gasteiger partial charge >= 0.3 is 0 Å². The van der Waals surface area contributed by atoms with Crippen molar-refractivity contribution in [2.45, 2.75) is 44.9 Å². The van der Waals surface area contributed by atoms with Gasteiger partial charge in [0.25, 0.3) is 5.91 Å². The first-order chi connectivity index (χ1) is 16.8. The van der Waals surface area contributed by atoms with Crippen LogP contribution in [0.2, 0.25) is 5.02 Å². The molecule has 3 aromatic rings. The molecule has 0 aliphatic carbocycles. The summed E-state index contributed by atoms with van der Waals surface area (Å²) in [6.07, 6.45) is 2.44. The van der Waals surface area contributed by atoms with Crippen LogP contribution in [0.1, 0.15) is 48.1 Å². The van der Waals surface area contributed by atoms with E-state index in [2.05, 4.69) is 41.3 Å². The van der Waals surface area contributed by atoms with Crippen molar-refractivity contribution in [3.8, 4) is 0 Å². The lowest BCUT2D eigenvalue weighted by molar-refractivity contribution is -0.113. The van der Waals surface area contributed by atoms with Crippen LogP contribution in [0.4, 0.5) is 5.69 Å². The second-order valence-corrected chi connectivity index (χ2v) is 9.94. The molecule has 0 fully saturated rings. The number of rotatable bonds is 11. The van der Waals surface area contributed by atoms with E-state index in [1.165, 1.54) is 11.8 Å². The number of thioether (sulfide) groups is 1. The number of amides is 2. The smallest absolute Gasteiger partial charge is 0.251 e. The highest BCUT2D eigenvalue weighted by Gasteiger charge is 2.24. The molecule has 0 saturated carbocycles. The number of halogens is 1. The third-order valence-electron chi connectivity index (χ3n) is 5.21. The maximum atomic E-state index is 12.9. The van der Waals surface area contributed by atoms with Crippen LogP contribution >= 0.6 is 23.4 Å². The summed E-state index contributed by atoms with van der Waals surface area (Å²) in [5.74, 6) is 0.777. The number of aromatic nitrogens is 3. The predicted octanol–water partition coefficient (Wildman–Crippen LogP) is 5.67. The molecule has 0 bridgehead atoms. The van der Waals surface area contributed by atoms with Crippen LogP contribution in [0.25, 0.3) is 0 Å². The van der Waals surface area contributed by atoms with Gasteiger partial charge < -0.3 is 15.2 Å². The molecule has 1 unspecified atom stereocenters. The molecule has 9 heteroatoms. The number of aryl methyl sites for hydroxylation is 1. The molecule has 0 aliphatic rings. The third-order valence-corrected chi connectivity index (χ3v) is 6.41. The minimum Gasteiger partial charge on any atom is -0.342 e. The van der Waals surface area contributed by atoms with Crippen LogP contribution in [0, 0.1) is 12.8 Å². The Morgan fingerprint density at radius 2 is 1.91 bits per heavy atom. The third kappa shape index (κ3) is 7.44. The summed E-state index contributed by atoms with van der Waals surface area (Å²) in [6, 6.07) is 14.1. The van der Waals surface area contributed by atoms with Crippen molar-refractivity contribution in [3.05, 3.63) is 83.2 Å². The van der Waals surface area contributed by atoms with Gasteiger partial charge in [0.05, 0.1) is 11.8 Å². The number of hydrogen-bond acceptors (Lipinski definition) is 5. The fourth-order valence-corrected chi connectivity index (χ4v) is 4.56. The Morgan fingerprint density at radius 1 is 1.17 bits per heavy atom. The van der Waals surface area contributed by atoms with E-state index < -0.39 is 0 Å². The molecular formula is C26H30ClN5O2S. The maximum absolute atomic E-state index is 12.9. The highest BCUT2D eigenvalue weighted by molar-refractivity contribution is 7.99. The Morgan fingerprint density at radius 3 is 2.57 bits per heavy atom. The summed E-state index contributed by atoms with van der Waals surface area (Å²) < 4.78 is 1.90. The van der Waals surface area contributed by atoms with Gasteiger partial charge in [-0.2, -0.15) is 0 Å². The van der Waals surface area contributed by atoms with E-state index in [9.17, 15) is 9.59 Å². The number of benzene rings is 2. The molecule has 1 aromatic heterocycles. The molecule has 2 aromatic carbocycles. The zero-order valence-electron chi connectivity index (χ0n) is 20.1. The van der Waals surface area contributed by atoms with Crippen molar-refractivity contribution in [3.63, 3.8) is 0 Å².